The number of carbonyl (C=O) groups is 1. The number of nitrogens with zero attached hydrogens (tertiary/aromatic N) is 1. The summed E-state index contributed by atoms with van der Waals surface area (Å²) in [6, 6.07) is 1.13. The molecule has 0 saturated heterocycles. The molecule has 0 aromatic carbocycles. The third-order valence-corrected chi connectivity index (χ3v) is 2.16. The molecule has 6 heteroatoms. The molecular formula is C9H12FNO4. The number of aliphatic carboxylic acids is 1. The van der Waals surface area contributed by atoms with E-state index < -0.39 is 17.6 Å². The summed E-state index contributed by atoms with van der Waals surface area (Å²) in [7, 11) is 1.33. The van der Waals surface area contributed by atoms with Crippen LogP contribution in [0.15, 0.2) is 10.6 Å². The van der Waals surface area contributed by atoms with E-state index in [1.807, 2.05) is 0 Å². The minimum Gasteiger partial charge on any atom is -0.479 e. The van der Waals surface area contributed by atoms with Gasteiger partial charge in [0.05, 0.1) is 7.11 Å². The Kier molecular flexibility index (Phi) is 2.97. The van der Waals surface area contributed by atoms with Crippen molar-refractivity contribution >= 4 is 5.97 Å². The lowest BCUT2D eigenvalue weighted by atomic mass is 9.90. The average molecular weight is 217 g/mol. The zero-order chi connectivity index (χ0) is 11.6. The van der Waals surface area contributed by atoms with Crippen molar-refractivity contribution in [1.29, 1.82) is 0 Å². The molecule has 1 aromatic heterocycles. The Morgan fingerprint density at radius 3 is 2.67 bits per heavy atom. The lowest BCUT2D eigenvalue weighted by molar-refractivity contribution is -0.157. The Morgan fingerprint density at radius 1 is 1.73 bits per heavy atom. The molecule has 1 N–H and O–H groups in total. The van der Waals surface area contributed by atoms with Crippen molar-refractivity contribution in [2.45, 2.75) is 19.5 Å². The average Bonchev–Trinajstić information content (AvgIpc) is 2.64. The minimum atomic E-state index is -2.58. The van der Waals surface area contributed by atoms with Crippen LogP contribution in [0.3, 0.4) is 0 Å². The molecule has 1 atom stereocenters. The standard InChI is InChI=1S/C9H12FNO4/c1-5(2)9(10,8(12)13)6-4-7(14-3)11-15-6/h4-5H,1-3H3,(H,12,13). The van der Waals surface area contributed by atoms with E-state index in [2.05, 4.69) is 14.4 Å². The van der Waals surface area contributed by atoms with Gasteiger partial charge in [0, 0.05) is 12.0 Å². The van der Waals surface area contributed by atoms with Gasteiger partial charge in [0.25, 0.3) is 11.5 Å². The summed E-state index contributed by atoms with van der Waals surface area (Å²) in [5.41, 5.74) is -2.58. The Balaban J connectivity index is 3.15. The highest BCUT2D eigenvalue weighted by molar-refractivity contribution is 5.78. The predicted molar refractivity (Wildman–Crippen MR) is 48.3 cm³/mol. The van der Waals surface area contributed by atoms with Crippen molar-refractivity contribution in [2.75, 3.05) is 7.11 Å². The fraction of sp³-hybridized carbons (Fsp3) is 0.556. The summed E-state index contributed by atoms with van der Waals surface area (Å²) in [6.07, 6.45) is 0. The molecule has 5 nitrogen and oxygen atoms in total. The number of aromatic nitrogens is 1. The first-order valence-corrected chi connectivity index (χ1v) is 4.36. The summed E-state index contributed by atoms with van der Waals surface area (Å²) in [4.78, 5) is 10.9. The van der Waals surface area contributed by atoms with Gasteiger partial charge in [-0.1, -0.05) is 13.8 Å². The van der Waals surface area contributed by atoms with E-state index in [4.69, 9.17) is 5.11 Å². The maximum atomic E-state index is 14.1. The van der Waals surface area contributed by atoms with E-state index in [-0.39, 0.29) is 11.6 Å². The summed E-state index contributed by atoms with van der Waals surface area (Å²) < 4.78 is 23.4. The van der Waals surface area contributed by atoms with Crippen molar-refractivity contribution in [1.82, 2.24) is 5.16 Å². The first-order valence-electron chi connectivity index (χ1n) is 4.36. The van der Waals surface area contributed by atoms with Crippen molar-refractivity contribution < 1.29 is 23.6 Å². The molecule has 0 bridgehead atoms. The molecule has 0 spiro atoms. The highest BCUT2D eigenvalue weighted by atomic mass is 19.1. The Bertz CT molecular complexity index is 363. The Morgan fingerprint density at radius 2 is 2.33 bits per heavy atom. The number of methoxy groups -OCH3 is 1. The van der Waals surface area contributed by atoms with Gasteiger partial charge in [-0.3, -0.25) is 0 Å². The van der Waals surface area contributed by atoms with Crippen LogP contribution in [-0.4, -0.2) is 23.3 Å². The first kappa shape index (κ1) is 11.5. The number of carboxylic acids is 1. The van der Waals surface area contributed by atoms with Gasteiger partial charge in [0.1, 0.15) is 0 Å². The highest BCUT2D eigenvalue weighted by Gasteiger charge is 2.48. The molecule has 15 heavy (non-hydrogen) atoms. The molecule has 0 radical (unpaired) electrons. The van der Waals surface area contributed by atoms with Gasteiger partial charge in [-0.15, -0.1) is 0 Å². The predicted octanol–water partition coefficient (Wildman–Crippen LogP) is 1.59. The number of alkyl halides is 1. The van der Waals surface area contributed by atoms with Gasteiger partial charge in [-0.05, 0) is 5.16 Å². The normalized spacial score (nSPS) is 15.0. The second-order valence-electron chi connectivity index (χ2n) is 3.41. The molecule has 1 heterocycles. The smallest absolute Gasteiger partial charge is 0.349 e. The van der Waals surface area contributed by atoms with Crippen molar-refractivity contribution in [3.8, 4) is 5.88 Å². The van der Waals surface area contributed by atoms with Crippen LogP contribution in [-0.2, 0) is 10.5 Å². The van der Waals surface area contributed by atoms with E-state index in [9.17, 15) is 9.18 Å². The summed E-state index contributed by atoms with van der Waals surface area (Å²) in [5.74, 6) is -2.68. The first-order chi connectivity index (χ1) is 6.92. The molecule has 1 unspecified atom stereocenters. The highest BCUT2D eigenvalue weighted by Crippen LogP contribution is 2.35. The molecule has 0 aliphatic heterocycles. The van der Waals surface area contributed by atoms with E-state index in [0.717, 1.165) is 6.07 Å². The fourth-order valence-corrected chi connectivity index (χ4v) is 1.16. The van der Waals surface area contributed by atoms with Crippen LogP contribution in [0, 0.1) is 5.92 Å². The van der Waals surface area contributed by atoms with Crippen molar-refractivity contribution in [3.05, 3.63) is 11.8 Å². The number of halogens is 1. The lowest BCUT2D eigenvalue weighted by Gasteiger charge is -2.20. The zero-order valence-electron chi connectivity index (χ0n) is 8.65. The molecule has 0 saturated carbocycles. The monoisotopic (exact) mass is 217 g/mol. The van der Waals surface area contributed by atoms with Crippen LogP contribution in [0.1, 0.15) is 19.6 Å². The van der Waals surface area contributed by atoms with Crippen LogP contribution >= 0.6 is 0 Å². The van der Waals surface area contributed by atoms with Crippen LogP contribution < -0.4 is 4.74 Å². The molecule has 1 aromatic rings. The molecule has 0 amide bonds. The van der Waals surface area contributed by atoms with Crippen molar-refractivity contribution in [3.63, 3.8) is 0 Å². The maximum Gasteiger partial charge on any atom is 0.349 e. The Hall–Kier alpha value is -1.59. The van der Waals surface area contributed by atoms with Crippen LogP contribution in [0.25, 0.3) is 0 Å². The number of hydrogen-bond acceptors (Lipinski definition) is 4. The van der Waals surface area contributed by atoms with Gasteiger partial charge in [-0.2, -0.15) is 0 Å². The molecule has 0 aliphatic rings. The number of ether oxygens (including phenoxy) is 1. The van der Waals surface area contributed by atoms with Crippen LogP contribution in [0.2, 0.25) is 0 Å². The second kappa shape index (κ2) is 3.88. The van der Waals surface area contributed by atoms with Crippen molar-refractivity contribution in [2.24, 2.45) is 5.92 Å². The third kappa shape index (κ3) is 1.79. The second-order valence-corrected chi connectivity index (χ2v) is 3.41. The molecule has 0 aliphatic carbocycles. The maximum absolute atomic E-state index is 14.1. The number of rotatable bonds is 4. The van der Waals surface area contributed by atoms with Gasteiger partial charge in [-0.25, -0.2) is 9.18 Å². The summed E-state index contributed by atoms with van der Waals surface area (Å²) in [6.45, 7) is 2.90. The van der Waals surface area contributed by atoms with Gasteiger partial charge in [0.15, 0.2) is 5.76 Å². The third-order valence-electron chi connectivity index (χ3n) is 2.16. The van der Waals surface area contributed by atoms with Gasteiger partial charge < -0.3 is 14.4 Å². The van der Waals surface area contributed by atoms with E-state index in [1.54, 1.807) is 0 Å². The van der Waals surface area contributed by atoms with E-state index in [0.29, 0.717) is 0 Å². The molecule has 1 rings (SSSR count). The molecule has 0 fully saturated rings. The van der Waals surface area contributed by atoms with Crippen LogP contribution in [0.5, 0.6) is 5.88 Å². The molecule has 84 valence electrons. The van der Waals surface area contributed by atoms with E-state index >= 15 is 0 Å². The van der Waals surface area contributed by atoms with Crippen LogP contribution in [0.4, 0.5) is 4.39 Å². The zero-order valence-corrected chi connectivity index (χ0v) is 8.65. The number of hydrogen-bond donors (Lipinski definition) is 1. The Labute approximate surface area is 85.8 Å². The summed E-state index contributed by atoms with van der Waals surface area (Å²) >= 11 is 0. The minimum absolute atomic E-state index is 0.0499. The quantitative estimate of drug-likeness (QED) is 0.829. The lowest BCUT2D eigenvalue weighted by Crippen LogP contribution is -2.35. The number of carboxylic acid groups (broad SMARTS) is 1. The fourth-order valence-electron chi connectivity index (χ4n) is 1.16. The molecular weight excluding hydrogens is 205 g/mol. The van der Waals surface area contributed by atoms with Gasteiger partial charge in [0.2, 0.25) is 0 Å². The summed E-state index contributed by atoms with van der Waals surface area (Å²) in [5, 5.41) is 12.2. The largest absolute Gasteiger partial charge is 0.479 e. The van der Waals surface area contributed by atoms with Gasteiger partial charge >= 0.3 is 5.97 Å². The topological polar surface area (TPSA) is 72.6 Å². The SMILES string of the molecule is COc1cc(C(F)(C(=O)O)C(C)C)on1. The van der Waals surface area contributed by atoms with E-state index in [1.165, 1.54) is 21.0 Å².